The molecule has 1 unspecified atom stereocenters. The highest BCUT2D eigenvalue weighted by Gasteiger charge is 2.00. The normalized spacial score (nSPS) is 13.5. The second-order valence-electron chi connectivity index (χ2n) is 2.79. The van der Waals surface area contributed by atoms with Crippen LogP contribution in [0.25, 0.3) is 0 Å². The molecule has 12 heavy (non-hydrogen) atoms. The van der Waals surface area contributed by atoms with Crippen LogP contribution >= 0.6 is 0 Å². The lowest BCUT2D eigenvalue weighted by atomic mass is 10.1. The minimum atomic E-state index is 0.113. The molecule has 0 rings (SSSR count). The van der Waals surface area contributed by atoms with E-state index in [0.29, 0.717) is 0 Å². The van der Waals surface area contributed by atoms with Crippen LogP contribution in [0.3, 0.4) is 0 Å². The molecule has 1 atom stereocenters. The van der Waals surface area contributed by atoms with Gasteiger partial charge in [-0.15, -0.1) is 0 Å². The van der Waals surface area contributed by atoms with Gasteiger partial charge in [-0.25, -0.2) is 0 Å². The van der Waals surface area contributed by atoms with Gasteiger partial charge >= 0.3 is 0 Å². The predicted octanol–water partition coefficient (Wildman–Crippen LogP) is 2.34. The van der Waals surface area contributed by atoms with Crippen LogP contribution in [0.1, 0.15) is 32.6 Å². The van der Waals surface area contributed by atoms with Crippen LogP contribution < -0.4 is 0 Å². The van der Waals surface area contributed by atoms with Gasteiger partial charge in [0.1, 0.15) is 6.29 Å². The van der Waals surface area contributed by atoms with Crippen LogP contribution in [0.5, 0.6) is 0 Å². The number of methoxy groups -OCH3 is 1. The Hall–Kier alpha value is -0.630. The number of carbonyl (C=O) groups is 1. The minimum absolute atomic E-state index is 0.113. The number of aldehydes is 1. The number of hydrogen-bond acceptors (Lipinski definition) is 2. The molecule has 0 aliphatic rings. The highest BCUT2D eigenvalue weighted by molar-refractivity contribution is 5.64. The first-order chi connectivity index (χ1) is 5.85. The molecule has 0 saturated carbocycles. The van der Waals surface area contributed by atoms with E-state index in [-0.39, 0.29) is 6.10 Å². The Morgan fingerprint density at radius 3 is 2.67 bits per heavy atom. The molecule has 0 N–H and O–H groups in total. The van der Waals surface area contributed by atoms with Crippen molar-refractivity contribution in [3.8, 4) is 0 Å². The zero-order valence-electron chi connectivity index (χ0n) is 7.95. The molecule has 0 aromatic rings. The number of carbonyl (C=O) groups excluding carboxylic acids is 1. The van der Waals surface area contributed by atoms with Gasteiger partial charge in [0, 0.05) is 7.11 Å². The van der Waals surface area contributed by atoms with Crippen LogP contribution in [0.2, 0.25) is 0 Å². The third kappa shape index (κ3) is 6.10. The summed E-state index contributed by atoms with van der Waals surface area (Å²) in [7, 11) is 1.67. The smallest absolute Gasteiger partial charge is 0.142 e. The molecule has 0 heterocycles. The SMILES string of the molecule is CCCCCC(/C=C\C=O)OC. The van der Waals surface area contributed by atoms with Crippen molar-refractivity contribution in [1.29, 1.82) is 0 Å². The second kappa shape index (κ2) is 8.47. The summed E-state index contributed by atoms with van der Waals surface area (Å²) < 4.78 is 5.15. The summed E-state index contributed by atoms with van der Waals surface area (Å²) >= 11 is 0. The number of ether oxygens (including phenoxy) is 1. The topological polar surface area (TPSA) is 26.3 Å². The molecule has 70 valence electrons. The van der Waals surface area contributed by atoms with Crippen molar-refractivity contribution >= 4 is 6.29 Å². The van der Waals surface area contributed by atoms with Crippen LogP contribution in [-0.2, 0) is 9.53 Å². The van der Waals surface area contributed by atoms with Crippen molar-refractivity contribution in [2.45, 2.75) is 38.7 Å². The summed E-state index contributed by atoms with van der Waals surface area (Å²) in [5.74, 6) is 0. The maximum atomic E-state index is 10.0. The van der Waals surface area contributed by atoms with Gasteiger partial charge in [-0.1, -0.05) is 32.3 Å². The van der Waals surface area contributed by atoms with Gasteiger partial charge in [0.25, 0.3) is 0 Å². The van der Waals surface area contributed by atoms with Crippen LogP contribution in [-0.4, -0.2) is 19.5 Å². The summed E-state index contributed by atoms with van der Waals surface area (Å²) in [6.07, 6.45) is 8.83. The highest BCUT2D eigenvalue weighted by atomic mass is 16.5. The first-order valence-corrected chi connectivity index (χ1v) is 4.50. The van der Waals surface area contributed by atoms with Crippen molar-refractivity contribution in [3.63, 3.8) is 0 Å². The standard InChI is InChI=1S/C10H18O2/c1-3-4-5-7-10(12-2)8-6-9-11/h6,8-10H,3-5,7H2,1-2H3/b8-6-. The molecule has 0 saturated heterocycles. The van der Waals surface area contributed by atoms with Gasteiger partial charge in [0.15, 0.2) is 0 Å². The molecule has 0 aromatic carbocycles. The summed E-state index contributed by atoms with van der Waals surface area (Å²) in [6, 6.07) is 0. The highest BCUT2D eigenvalue weighted by Crippen LogP contribution is 2.06. The number of allylic oxidation sites excluding steroid dienone is 1. The summed E-state index contributed by atoms with van der Waals surface area (Å²) in [6.45, 7) is 2.17. The maximum absolute atomic E-state index is 10.0. The Kier molecular flexibility index (Phi) is 8.02. The fourth-order valence-electron chi connectivity index (χ4n) is 1.06. The van der Waals surface area contributed by atoms with Gasteiger partial charge in [0.2, 0.25) is 0 Å². The van der Waals surface area contributed by atoms with Crippen molar-refractivity contribution in [3.05, 3.63) is 12.2 Å². The fraction of sp³-hybridized carbons (Fsp3) is 0.700. The lowest BCUT2D eigenvalue weighted by Crippen LogP contribution is -2.06. The molecule has 0 spiro atoms. The van der Waals surface area contributed by atoms with E-state index in [1.807, 2.05) is 6.08 Å². The summed E-state index contributed by atoms with van der Waals surface area (Å²) in [4.78, 5) is 10.0. The lowest BCUT2D eigenvalue weighted by molar-refractivity contribution is -0.104. The third-order valence-electron chi connectivity index (χ3n) is 1.80. The van der Waals surface area contributed by atoms with E-state index in [4.69, 9.17) is 4.74 Å². The summed E-state index contributed by atoms with van der Waals surface area (Å²) in [5.41, 5.74) is 0. The molecule has 0 aliphatic carbocycles. The van der Waals surface area contributed by atoms with Crippen LogP contribution in [0.15, 0.2) is 12.2 Å². The Balaban J connectivity index is 3.52. The molecule has 2 nitrogen and oxygen atoms in total. The second-order valence-corrected chi connectivity index (χ2v) is 2.79. The van der Waals surface area contributed by atoms with E-state index in [1.54, 1.807) is 7.11 Å². The molecule has 0 aromatic heterocycles. The molecule has 0 aliphatic heterocycles. The Morgan fingerprint density at radius 2 is 2.17 bits per heavy atom. The zero-order chi connectivity index (χ0) is 9.23. The van der Waals surface area contributed by atoms with E-state index in [0.717, 1.165) is 19.1 Å². The van der Waals surface area contributed by atoms with Gasteiger partial charge < -0.3 is 4.74 Å². The predicted molar refractivity (Wildman–Crippen MR) is 50.1 cm³/mol. The first kappa shape index (κ1) is 11.4. The molecule has 0 radical (unpaired) electrons. The van der Waals surface area contributed by atoms with Crippen molar-refractivity contribution < 1.29 is 9.53 Å². The van der Waals surface area contributed by atoms with Gasteiger partial charge in [-0.05, 0) is 12.5 Å². The quantitative estimate of drug-likeness (QED) is 0.333. The molecule has 0 fully saturated rings. The molecular formula is C10H18O2. The Morgan fingerprint density at radius 1 is 1.42 bits per heavy atom. The number of hydrogen-bond donors (Lipinski definition) is 0. The van der Waals surface area contributed by atoms with Gasteiger partial charge in [-0.3, -0.25) is 4.79 Å². The summed E-state index contributed by atoms with van der Waals surface area (Å²) in [5, 5.41) is 0. The van der Waals surface area contributed by atoms with Crippen molar-refractivity contribution in [1.82, 2.24) is 0 Å². The first-order valence-electron chi connectivity index (χ1n) is 4.50. The van der Waals surface area contributed by atoms with Crippen LogP contribution in [0.4, 0.5) is 0 Å². The average molecular weight is 170 g/mol. The van der Waals surface area contributed by atoms with Gasteiger partial charge in [-0.2, -0.15) is 0 Å². The van der Waals surface area contributed by atoms with E-state index < -0.39 is 0 Å². The minimum Gasteiger partial charge on any atom is -0.377 e. The van der Waals surface area contributed by atoms with Crippen LogP contribution in [0, 0.1) is 0 Å². The lowest BCUT2D eigenvalue weighted by Gasteiger charge is -2.08. The monoisotopic (exact) mass is 170 g/mol. The van der Waals surface area contributed by atoms with Crippen molar-refractivity contribution in [2.24, 2.45) is 0 Å². The molecule has 2 heteroatoms. The average Bonchev–Trinajstić information content (AvgIpc) is 2.11. The molecule has 0 amide bonds. The van der Waals surface area contributed by atoms with E-state index in [2.05, 4.69) is 6.92 Å². The Bertz CT molecular complexity index is 130. The van der Waals surface area contributed by atoms with Gasteiger partial charge in [0.05, 0.1) is 6.10 Å². The van der Waals surface area contributed by atoms with E-state index in [9.17, 15) is 4.79 Å². The van der Waals surface area contributed by atoms with E-state index in [1.165, 1.54) is 18.9 Å². The Labute approximate surface area is 74.6 Å². The van der Waals surface area contributed by atoms with E-state index >= 15 is 0 Å². The third-order valence-corrected chi connectivity index (χ3v) is 1.80. The fourth-order valence-corrected chi connectivity index (χ4v) is 1.06. The number of unbranched alkanes of at least 4 members (excludes halogenated alkanes) is 2. The number of rotatable bonds is 7. The maximum Gasteiger partial charge on any atom is 0.142 e. The molecular weight excluding hydrogens is 152 g/mol. The largest absolute Gasteiger partial charge is 0.377 e. The molecule has 0 bridgehead atoms. The zero-order valence-corrected chi connectivity index (χ0v) is 7.95. The van der Waals surface area contributed by atoms with Crippen molar-refractivity contribution in [2.75, 3.05) is 7.11 Å².